The van der Waals surface area contributed by atoms with Gasteiger partial charge in [0.15, 0.2) is 0 Å². The average molecular weight is 250 g/mol. The van der Waals surface area contributed by atoms with Gasteiger partial charge >= 0.3 is 0 Å². The molecule has 2 saturated carbocycles. The molecule has 2 heteroatoms. The SMILES string of the molecule is CC1CCCCCN1CCNC(C1CC1)C1CC1. The van der Waals surface area contributed by atoms with Gasteiger partial charge in [-0.3, -0.25) is 4.90 Å². The molecular formula is C16H30N2. The summed E-state index contributed by atoms with van der Waals surface area (Å²) < 4.78 is 0. The average Bonchev–Trinajstić information content (AvgIpc) is 3.21. The van der Waals surface area contributed by atoms with E-state index in [4.69, 9.17) is 0 Å². The molecular weight excluding hydrogens is 220 g/mol. The van der Waals surface area contributed by atoms with Crippen molar-refractivity contribution in [1.29, 1.82) is 0 Å². The Bertz CT molecular complexity index is 246. The molecule has 0 spiro atoms. The summed E-state index contributed by atoms with van der Waals surface area (Å²) in [4.78, 5) is 2.72. The van der Waals surface area contributed by atoms with Crippen LogP contribution in [0.4, 0.5) is 0 Å². The van der Waals surface area contributed by atoms with Crippen LogP contribution in [0.1, 0.15) is 58.3 Å². The standard InChI is InChI=1S/C16H30N2/c1-13-5-3-2-4-11-18(13)12-10-17-16(14-6-7-14)15-8-9-15/h13-17H,2-12H2,1H3. The Morgan fingerprint density at radius 2 is 1.72 bits per heavy atom. The van der Waals surface area contributed by atoms with E-state index < -0.39 is 0 Å². The highest BCUT2D eigenvalue weighted by atomic mass is 15.2. The maximum atomic E-state index is 3.89. The number of nitrogens with zero attached hydrogens (tertiary/aromatic N) is 1. The van der Waals surface area contributed by atoms with E-state index in [1.54, 1.807) is 0 Å². The number of nitrogens with one attached hydrogen (secondary N) is 1. The Morgan fingerprint density at radius 3 is 2.39 bits per heavy atom. The van der Waals surface area contributed by atoms with Crippen molar-refractivity contribution in [3.63, 3.8) is 0 Å². The summed E-state index contributed by atoms with van der Waals surface area (Å²) in [6.45, 7) is 6.25. The van der Waals surface area contributed by atoms with Crippen LogP contribution >= 0.6 is 0 Å². The molecule has 2 aliphatic carbocycles. The number of likely N-dealkylation sites (tertiary alicyclic amines) is 1. The van der Waals surface area contributed by atoms with Crippen molar-refractivity contribution in [2.24, 2.45) is 11.8 Å². The monoisotopic (exact) mass is 250 g/mol. The zero-order valence-electron chi connectivity index (χ0n) is 12.0. The van der Waals surface area contributed by atoms with Crippen LogP contribution in [0.2, 0.25) is 0 Å². The van der Waals surface area contributed by atoms with Gasteiger partial charge in [0.2, 0.25) is 0 Å². The van der Waals surface area contributed by atoms with Crippen molar-refractivity contribution in [3.05, 3.63) is 0 Å². The van der Waals surface area contributed by atoms with Crippen molar-refractivity contribution in [2.45, 2.75) is 70.4 Å². The number of hydrogen-bond donors (Lipinski definition) is 1. The third-order valence-corrected chi connectivity index (χ3v) is 5.23. The van der Waals surface area contributed by atoms with Gasteiger partial charge in [0.05, 0.1) is 0 Å². The lowest BCUT2D eigenvalue weighted by molar-refractivity contribution is 0.208. The minimum atomic E-state index is 0.814. The molecule has 0 aromatic rings. The zero-order valence-corrected chi connectivity index (χ0v) is 12.0. The molecule has 3 aliphatic rings. The summed E-state index contributed by atoms with van der Waals surface area (Å²) in [6, 6.07) is 1.70. The van der Waals surface area contributed by atoms with Crippen molar-refractivity contribution >= 4 is 0 Å². The minimum absolute atomic E-state index is 0.814. The molecule has 1 heterocycles. The van der Waals surface area contributed by atoms with Crippen molar-refractivity contribution in [2.75, 3.05) is 19.6 Å². The van der Waals surface area contributed by atoms with Gasteiger partial charge in [-0.25, -0.2) is 0 Å². The smallest absolute Gasteiger partial charge is 0.0124 e. The minimum Gasteiger partial charge on any atom is -0.312 e. The summed E-state index contributed by atoms with van der Waals surface area (Å²) >= 11 is 0. The Kier molecular flexibility index (Phi) is 4.25. The summed E-state index contributed by atoms with van der Waals surface area (Å²) in [5, 5.41) is 3.89. The van der Waals surface area contributed by atoms with Crippen LogP contribution in [0, 0.1) is 11.8 Å². The van der Waals surface area contributed by atoms with Gasteiger partial charge in [-0.2, -0.15) is 0 Å². The lowest BCUT2D eigenvalue weighted by Crippen LogP contribution is -2.42. The van der Waals surface area contributed by atoms with E-state index in [-0.39, 0.29) is 0 Å². The van der Waals surface area contributed by atoms with Gasteiger partial charge in [-0.1, -0.05) is 12.8 Å². The van der Waals surface area contributed by atoms with Crippen LogP contribution in [-0.4, -0.2) is 36.6 Å². The second-order valence-electron chi connectivity index (χ2n) is 6.89. The Morgan fingerprint density at radius 1 is 1.00 bits per heavy atom. The normalized spacial score (nSPS) is 30.7. The highest BCUT2D eigenvalue weighted by Crippen LogP contribution is 2.44. The van der Waals surface area contributed by atoms with E-state index in [9.17, 15) is 0 Å². The van der Waals surface area contributed by atoms with Crippen LogP contribution in [0.5, 0.6) is 0 Å². The Hall–Kier alpha value is -0.0800. The third-order valence-electron chi connectivity index (χ3n) is 5.23. The summed E-state index contributed by atoms with van der Waals surface area (Å²) in [6.07, 6.45) is 11.7. The molecule has 0 amide bonds. The molecule has 3 rings (SSSR count). The largest absolute Gasteiger partial charge is 0.312 e. The fraction of sp³-hybridized carbons (Fsp3) is 1.00. The van der Waals surface area contributed by atoms with E-state index >= 15 is 0 Å². The Balaban J connectivity index is 1.39. The molecule has 18 heavy (non-hydrogen) atoms. The molecule has 104 valence electrons. The van der Waals surface area contributed by atoms with Gasteiger partial charge < -0.3 is 5.32 Å². The zero-order chi connectivity index (χ0) is 12.4. The molecule has 0 aromatic carbocycles. The lowest BCUT2D eigenvalue weighted by Gasteiger charge is -2.28. The van der Waals surface area contributed by atoms with Crippen LogP contribution in [0.3, 0.4) is 0 Å². The maximum Gasteiger partial charge on any atom is 0.0124 e. The second kappa shape index (κ2) is 5.92. The first kappa shape index (κ1) is 12.9. The molecule has 0 radical (unpaired) electrons. The van der Waals surface area contributed by atoms with Crippen LogP contribution in [0.25, 0.3) is 0 Å². The van der Waals surface area contributed by atoms with Gasteiger partial charge in [0, 0.05) is 25.2 Å². The number of hydrogen-bond acceptors (Lipinski definition) is 2. The first-order valence-corrected chi connectivity index (χ1v) is 8.32. The van der Waals surface area contributed by atoms with Crippen molar-refractivity contribution in [1.82, 2.24) is 10.2 Å². The van der Waals surface area contributed by atoms with Crippen molar-refractivity contribution in [3.8, 4) is 0 Å². The molecule has 0 aromatic heterocycles. The quantitative estimate of drug-likeness (QED) is 0.779. The van der Waals surface area contributed by atoms with Gasteiger partial charge in [0.25, 0.3) is 0 Å². The molecule has 1 saturated heterocycles. The van der Waals surface area contributed by atoms with Crippen molar-refractivity contribution < 1.29 is 0 Å². The van der Waals surface area contributed by atoms with Crippen LogP contribution in [0.15, 0.2) is 0 Å². The summed E-state index contributed by atoms with van der Waals surface area (Å²) in [7, 11) is 0. The topological polar surface area (TPSA) is 15.3 Å². The molecule has 3 fully saturated rings. The molecule has 0 bridgehead atoms. The fourth-order valence-electron chi connectivity index (χ4n) is 3.67. The van der Waals surface area contributed by atoms with E-state index in [0.717, 1.165) is 23.9 Å². The highest BCUT2D eigenvalue weighted by molar-refractivity contribution is 4.96. The predicted octanol–water partition coefficient (Wildman–Crippen LogP) is 3.03. The molecule has 1 atom stereocenters. The van der Waals surface area contributed by atoms with E-state index in [1.165, 1.54) is 71.0 Å². The third kappa shape index (κ3) is 3.48. The summed E-state index contributed by atoms with van der Waals surface area (Å²) in [5.41, 5.74) is 0. The molecule has 1 aliphatic heterocycles. The molecule has 1 N–H and O–H groups in total. The van der Waals surface area contributed by atoms with Gasteiger partial charge in [-0.15, -0.1) is 0 Å². The second-order valence-corrected chi connectivity index (χ2v) is 6.89. The number of rotatable bonds is 6. The van der Waals surface area contributed by atoms with E-state index in [1.807, 2.05) is 0 Å². The van der Waals surface area contributed by atoms with Gasteiger partial charge in [-0.05, 0) is 63.8 Å². The first-order valence-electron chi connectivity index (χ1n) is 8.32. The van der Waals surface area contributed by atoms with E-state index in [0.29, 0.717) is 0 Å². The molecule has 2 nitrogen and oxygen atoms in total. The lowest BCUT2D eigenvalue weighted by atomic mass is 10.1. The van der Waals surface area contributed by atoms with Crippen LogP contribution in [-0.2, 0) is 0 Å². The maximum absolute atomic E-state index is 3.89. The fourth-order valence-corrected chi connectivity index (χ4v) is 3.67. The highest BCUT2D eigenvalue weighted by Gasteiger charge is 2.40. The van der Waals surface area contributed by atoms with Crippen LogP contribution < -0.4 is 5.32 Å². The Labute approximate surface area is 113 Å². The summed E-state index contributed by atoms with van der Waals surface area (Å²) in [5.74, 6) is 2.08. The first-order chi connectivity index (χ1) is 8.84. The molecule has 1 unspecified atom stereocenters. The van der Waals surface area contributed by atoms with E-state index in [2.05, 4.69) is 17.1 Å². The van der Waals surface area contributed by atoms with Gasteiger partial charge in [0.1, 0.15) is 0 Å². The predicted molar refractivity (Wildman–Crippen MR) is 76.7 cm³/mol.